The molecule has 0 aliphatic rings. The topological polar surface area (TPSA) is 24.1 Å². The molecular weight excluding hydrogens is 396 g/mol. The lowest BCUT2D eigenvalue weighted by atomic mass is 10.0. The Bertz CT molecular complexity index is 621. The number of rotatable bonds is 17. The Morgan fingerprint density at radius 3 is 1.97 bits per heavy atom. The van der Waals surface area contributed by atoms with Gasteiger partial charge in [-0.1, -0.05) is 62.0 Å². The van der Waals surface area contributed by atoms with Crippen LogP contribution in [0.5, 0.6) is 0 Å². The summed E-state index contributed by atoms with van der Waals surface area (Å²) in [5.74, 6) is 2.77. The molecule has 0 heterocycles. The molecule has 31 heavy (non-hydrogen) atoms. The molecule has 0 amide bonds. The van der Waals surface area contributed by atoms with Crippen LogP contribution >= 0.6 is 11.8 Å². The maximum atomic E-state index is 4.29. The van der Waals surface area contributed by atoms with Crippen LogP contribution in [0.15, 0.2) is 59.5 Å². The van der Waals surface area contributed by atoms with Gasteiger partial charge in [0.25, 0.3) is 0 Å². The minimum atomic E-state index is 0.241. The summed E-state index contributed by atoms with van der Waals surface area (Å²) < 4.78 is 0. The van der Waals surface area contributed by atoms with E-state index in [0.29, 0.717) is 12.0 Å². The fourth-order valence-electron chi connectivity index (χ4n) is 3.30. The van der Waals surface area contributed by atoms with Crippen molar-refractivity contribution in [3.8, 4) is 0 Å². The summed E-state index contributed by atoms with van der Waals surface area (Å²) in [5, 5.41) is 7.06. The first kappa shape index (κ1) is 29.7. The largest absolute Gasteiger partial charge is 0.384 e. The minimum Gasteiger partial charge on any atom is -0.384 e. The third-order valence-corrected chi connectivity index (χ3v) is 6.16. The van der Waals surface area contributed by atoms with Gasteiger partial charge in [-0.2, -0.15) is 11.8 Å². The molecule has 2 N–H and O–H groups in total. The molecule has 0 radical (unpaired) electrons. The fraction of sp³-hybridized carbons (Fsp3) is 0.643. The molecule has 0 fully saturated rings. The van der Waals surface area contributed by atoms with Crippen molar-refractivity contribution >= 4 is 11.8 Å². The highest BCUT2D eigenvalue weighted by Crippen LogP contribution is 2.15. The van der Waals surface area contributed by atoms with Gasteiger partial charge in [-0.05, 0) is 79.6 Å². The molecule has 0 saturated carbocycles. The Hall–Kier alpha value is -1.35. The smallest absolute Gasteiger partial charge is 0.0653 e. The molecule has 2 atom stereocenters. The molecule has 0 aliphatic heterocycles. The van der Waals surface area contributed by atoms with Crippen LogP contribution in [0, 0.1) is 5.92 Å². The second-order valence-electron chi connectivity index (χ2n) is 9.67. The van der Waals surface area contributed by atoms with Crippen LogP contribution in [-0.4, -0.2) is 23.6 Å². The van der Waals surface area contributed by atoms with Gasteiger partial charge in [-0.15, -0.1) is 0 Å². The molecule has 0 aromatic heterocycles. The lowest BCUT2D eigenvalue weighted by Crippen LogP contribution is -2.40. The van der Waals surface area contributed by atoms with Gasteiger partial charge in [0, 0.05) is 28.9 Å². The van der Waals surface area contributed by atoms with E-state index < -0.39 is 0 Å². The number of hydrogen-bond donors (Lipinski definition) is 2. The summed E-state index contributed by atoms with van der Waals surface area (Å²) >= 11 is 1.98. The zero-order valence-electron chi connectivity index (χ0n) is 21.7. The molecule has 2 nitrogen and oxygen atoms in total. The summed E-state index contributed by atoms with van der Waals surface area (Å²) in [7, 11) is 0. The van der Waals surface area contributed by atoms with E-state index in [1.54, 1.807) is 0 Å². The van der Waals surface area contributed by atoms with Gasteiger partial charge in [0.15, 0.2) is 0 Å². The predicted octanol–water partition coefficient (Wildman–Crippen LogP) is 8.17. The third-order valence-electron chi connectivity index (χ3n) is 5.02. The summed E-state index contributed by atoms with van der Waals surface area (Å²) in [5.41, 5.74) is 6.49. The normalized spacial score (nSPS) is 14.2. The van der Waals surface area contributed by atoms with E-state index in [-0.39, 0.29) is 6.04 Å². The zero-order valence-corrected chi connectivity index (χ0v) is 22.6. The molecular formula is C28H50N2S. The number of allylic oxidation sites excluding steroid dienone is 6. The molecule has 3 heteroatoms. The molecule has 0 spiro atoms. The average Bonchev–Trinajstić information content (AvgIpc) is 2.63. The molecule has 0 rings (SSSR count). The monoisotopic (exact) mass is 446 g/mol. The molecule has 0 aromatic carbocycles. The first-order chi connectivity index (χ1) is 14.5. The Morgan fingerprint density at radius 1 is 0.839 bits per heavy atom. The fourth-order valence-corrected chi connectivity index (χ4v) is 4.28. The van der Waals surface area contributed by atoms with Gasteiger partial charge in [0.2, 0.25) is 0 Å². The highest BCUT2D eigenvalue weighted by Gasteiger charge is 2.15. The van der Waals surface area contributed by atoms with Crippen molar-refractivity contribution in [1.82, 2.24) is 10.6 Å². The van der Waals surface area contributed by atoms with Crippen molar-refractivity contribution < 1.29 is 0 Å². The van der Waals surface area contributed by atoms with Crippen LogP contribution < -0.4 is 10.6 Å². The summed E-state index contributed by atoms with van der Waals surface area (Å²) in [6.45, 7) is 25.9. The number of nitrogens with one attached hydrogen (secondary N) is 2. The Morgan fingerprint density at radius 2 is 1.42 bits per heavy atom. The van der Waals surface area contributed by atoms with Crippen molar-refractivity contribution in [2.75, 3.05) is 11.5 Å². The van der Waals surface area contributed by atoms with E-state index in [0.717, 1.165) is 48.6 Å². The predicted molar refractivity (Wildman–Crippen MR) is 146 cm³/mol. The lowest BCUT2D eigenvalue weighted by Gasteiger charge is -2.27. The number of hydrogen-bond acceptors (Lipinski definition) is 3. The van der Waals surface area contributed by atoms with Crippen molar-refractivity contribution in [2.24, 2.45) is 5.92 Å². The highest BCUT2D eigenvalue weighted by molar-refractivity contribution is 7.99. The van der Waals surface area contributed by atoms with E-state index in [9.17, 15) is 0 Å². The minimum absolute atomic E-state index is 0.241. The van der Waals surface area contributed by atoms with Gasteiger partial charge in [0.1, 0.15) is 0 Å². The maximum absolute atomic E-state index is 4.29. The van der Waals surface area contributed by atoms with Crippen LogP contribution in [0.3, 0.4) is 0 Å². The summed E-state index contributed by atoms with van der Waals surface area (Å²) in [6, 6.07) is 0.643. The van der Waals surface area contributed by atoms with E-state index >= 15 is 0 Å². The van der Waals surface area contributed by atoms with Gasteiger partial charge in [0.05, 0.1) is 6.04 Å². The maximum Gasteiger partial charge on any atom is 0.0653 e. The van der Waals surface area contributed by atoms with E-state index in [4.69, 9.17) is 0 Å². The van der Waals surface area contributed by atoms with Gasteiger partial charge in [-0.25, -0.2) is 0 Å². The molecule has 0 aromatic rings. The molecule has 0 bridgehead atoms. The van der Waals surface area contributed by atoms with Gasteiger partial charge < -0.3 is 10.6 Å². The Labute approximate surface area is 198 Å². The van der Waals surface area contributed by atoms with E-state index in [1.807, 2.05) is 18.7 Å². The Balaban J connectivity index is 4.22. The second kappa shape index (κ2) is 17.2. The first-order valence-corrected chi connectivity index (χ1v) is 13.1. The molecule has 178 valence electrons. The van der Waals surface area contributed by atoms with Crippen LogP contribution in [0.25, 0.3) is 0 Å². The van der Waals surface area contributed by atoms with Crippen molar-refractivity contribution in [3.05, 3.63) is 59.5 Å². The molecule has 0 saturated heterocycles. The van der Waals surface area contributed by atoms with Crippen molar-refractivity contribution in [1.29, 1.82) is 0 Å². The first-order valence-electron chi connectivity index (χ1n) is 11.9. The summed E-state index contributed by atoms with van der Waals surface area (Å²) in [6.07, 6.45) is 12.8. The SMILES string of the molecule is C=C(C)NC(CC(C)C)C(=C)NC(C)CSC/C=C(\C)CC/C=C(\C)CCC=C(C)C. The van der Waals surface area contributed by atoms with Gasteiger partial charge >= 0.3 is 0 Å². The lowest BCUT2D eigenvalue weighted by molar-refractivity contribution is 0.459. The van der Waals surface area contributed by atoms with E-state index in [1.165, 1.54) is 23.1 Å². The van der Waals surface area contributed by atoms with Crippen molar-refractivity contribution in [2.45, 2.75) is 99.6 Å². The third kappa shape index (κ3) is 18.0. The molecule has 2 unspecified atom stereocenters. The van der Waals surface area contributed by atoms with Crippen LogP contribution in [-0.2, 0) is 0 Å². The van der Waals surface area contributed by atoms with E-state index in [2.05, 4.69) is 90.5 Å². The average molecular weight is 447 g/mol. The van der Waals surface area contributed by atoms with Crippen LogP contribution in [0.4, 0.5) is 0 Å². The molecule has 0 aliphatic carbocycles. The number of thioether (sulfide) groups is 1. The van der Waals surface area contributed by atoms with Crippen LogP contribution in [0.1, 0.15) is 87.5 Å². The standard InChI is InChI=1S/C28H50N2S/c1-21(2)13-11-14-24(7)15-12-16-25(8)17-18-31-20-26(9)30-27(10)28(19-22(3)4)29-23(5)6/h13,15,17,22,26,28-30H,5,10-12,14,16,18-20H2,1-4,6-9H3/b24-15+,25-17+. The highest BCUT2D eigenvalue weighted by atomic mass is 32.2. The quantitative estimate of drug-likeness (QED) is 0.174. The van der Waals surface area contributed by atoms with Crippen LogP contribution in [0.2, 0.25) is 0 Å². The summed E-state index contributed by atoms with van der Waals surface area (Å²) in [4.78, 5) is 0. The van der Waals surface area contributed by atoms with Gasteiger partial charge in [-0.3, -0.25) is 0 Å². The van der Waals surface area contributed by atoms with Crippen molar-refractivity contribution in [3.63, 3.8) is 0 Å². The second-order valence-corrected chi connectivity index (χ2v) is 10.7. The zero-order chi connectivity index (χ0) is 23.8. The Kier molecular flexibility index (Phi) is 16.5.